The third kappa shape index (κ3) is 4.44. The zero-order valence-electron chi connectivity index (χ0n) is 13.2. The van der Waals surface area contributed by atoms with Crippen molar-refractivity contribution in [1.82, 2.24) is 14.9 Å². The van der Waals surface area contributed by atoms with Crippen LogP contribution in [0.3, 0.4) is 0 Å². The van der Waals surface area contributed by atoms with E-state index in [9.17, 15) is 14.7 Å². The Morgan fingerprint density at radius 3 is 2.43 bits per heavy atom. The second-order valence-corrected chi connectivity index (χ2v) is 6.61. The summed E-state index contributed by atoms with van der Waals surface area (Å²) in [5.41, 5.74) is -0.633. The molecule has 1 aliphatic rings. The molecular formula is C14H19ClN4O4. The van der Waals surface area contributed by atoms with Gasteiger partial charge in [0, 0.05) is 13.1 Å². The molecular weight excluding hydrogens is 324 g/mol. The van der Waals surface area contributed by atoms with Gasteiger partial charge >= 0.3 is 12.1 Å². The minimum Gasteiger partial charge on any atom is -0.480 e. The number of carboxylic acids is 1. The lowest BCUT2D eigenvalue weighted by Gasteiger charge is -2.39. The molecule has 0 aromatic carbocycles. The molecule has 0 radical (unpaired) electrons. The normalized spacial score (nSPS) is 18.7. The molecule has 1 amide bonds. The number of halogens is 1. The number of aliphatic carboxylic acids is 1. The fraction of sp³-hybridized carbons (Fsp3) is 0.571. The number of anilines is 1. The first-order valence-electron chi connectivity index (χ1n) is 7.12. The van der Waals surface area contributed by atoms with Crippen molar-refractivity contribution in [1.29, 1.82) is 0 Å². The number of ether oxygens (including phenoxy) is 1. The largest absolute Gasteiger partial charge is 0.480 e. The first kappa shape index (κ1) is 17.3. The summed E-state index contributed by atoms with van der Waals surface area (Å²) >= 11 is 5.75. The average Bonchev–Trinajstić information content (AvgIpc) is 2.45. The Hall–Kier alpha value is -2.09. The minimum absolute atomic E-state index is 0.00374. The molecule has 8 nitrogen and oxygen atoms in total. The van der Waals surface area contributed by atoms with Crippen molar-refractivity contribution in [2.24, 2.45) is 0 Å². The highest BCUT2D eigenvalue weighted by atomic mass is 35.5. The molecule has 0 bridgehead atoms. The summed E-state index contributed by atoms with van der Waals surface area (Å²) in [6.07, 6.45) is 2.28. The minimum atomic E-state index is -1.06. The monoisotopic (exact) mass is 342 g/mol. The number of carboxylic acid groups (broad SMARTS) is 1. The smallest absolute Gasteiger partial charge is 0.410 e. The summed E-state index contributed by atoms with van der Waals surface area (Å²) in [5, 5.41) is 9.82. The zero-order chi connectivity index (χ0) is 17.2. The van der Waals surface area contributed by atoms with Gasteiger partial charge in [-0.1, -0.05) is 11.6 Å². The number of piperazine rings is 1. The van der Waals surface area contributed by atoms with Crippen LogP contribution in [0.2, 0.25) is 5.02 Å². The maximum Gasteiger partial charge on any atom is 0.410 e. The number of hydrogen-bond acceptors (Lipinski definition) is 6. The topological polar surface area (TPSA) is 95.9 Å². The van der Waals surface area contributed by atoms with Crippen molar-refractivity contribution in [2.75, 3.05) is 24.5 Å². The Bertz CT molecular complexity index is 587. The van der Waals surface area contributed by atoms with E-state index in [-0.39, 0.29) is 19.0 Å². The van der Waals surface area contributed by atoms with E-state index in [0.717, 1.165) is 0 Å². The number of aromatic nitrogens is 2. The van der Waals surface area contributed by atoms with E-state index in [4.69, 9.17) is 16.3 Å². The lowest BCUT2D eigenvalue weighted by molar-refractivity contribution is -0.139. The van der Waals surface area contributed by atoms with Crippen molar-refractivity contribution >= 4 is 29.6 Å². The van der Waals surface area contributed by atoms with Gasteiger partial charge in [0.2, 0.25) is 5.95 Å². The van der Waals surface area contributed by atoms with Gasteiger partial charge in [-0.3, -0.25) is 0 Å². The highest BCUT2D eigenvalue weighted by Crippen LogP contribution is 2.19. The third-order valence-electron chi connectivity index (χ3n) is 3.18. The summed E-state index contributed by atoms with van der Waals surface area (Å²) in [4.78, 5) is 34.7. The summed E-state index contributed by atoms with van der Waals surface area (Å²) in [6, 6.07) is -0.947. The molecule has 2 rings (SSSR count). The molecule has 0 saturated carbocycles. The standard InChI is InChI=1S/C14H19ClN4O4/c1-14(2,3)23-13(22)18-4-5-19(10(8-18)11(20)21)12-16-6-9(15)7-17-12/h6-7,10H,4-5,8H2,1-3H3,(H,20,21)/t10-/m1/s1. The molecule has 126 valence electrons. The first-order valence-corrected chi connectivity index (χ1v) is 7.50. The summed E-state index contributed by atoms with van der Waals surface area (Å²) < 4.78 is 5.29. The van der Waals surface area contributed by atoms with Crippen LogP contribution < -0.4 is 4.90 Å². The van der Waals surface area contributed by atoms with Crippen molar-refractivity contribution < 1.29 is 19.4 Å². The molecule has 1 saturated heterocycles. The van der Waals surface area contributed by atoms with Gasteiger partial charge in [0.1, 0.15) is 11.6 Å². The number of carbonyl (C=O) groups is 2. The van der Waals surface area contributed by atoms with Gasteiger partial charge < -0.3 is 19.6 Å². The lowest BCUT2D eigenvalue weighted by atomic mass is 10.1. The van der Waals surface area contributed by atoms with Crippen LogP contribution in [-0.2, 0) is 9.53 Å². The molecule has 1 aromatic rings. The molecule has 1 atom stereocenters. The number of hydrogen-bond donors (Lipinski definition) is 1. The zero-order valence-corrected chi connectivity index (χ0v) is 13.9. The van der Waals surface area contributed by atoms with E-state index in [1.54, 1.807) is 25.7 Å². The van der Waals surface area contributed by atoms with Crippen molar-refractivity contribution in [3.05, 3.63) is 17.4 Å². The van der Waals surface area contributed by atoms with E-state index in [2.05, 4.69) is 9.97 Å². The molecule has 0 unspecified atom stereocenters. The van der Waals surface area contributed by atoms with Crippen molar-refractivity contribution in [2.45, 2.75) is 32.4 Å². The van der Waals surface area contributed by atoms with Crippen LogP contribution in [0, 0.1) is 0 Å². The van der Waals surface area contributed by atoms with E-state index >= 15 is 0 Å². The number of amides is 1. The molecule has 1 aromatic heterocycles. The molecule has 1 aliphatic heterocycles. The Balaban J connectivity index is 2.13. The van der Waals surface area contributed by atoms with Gasteiger partial charge in [-0.15, -0.1) is 0 Å². The molecule has 23 heavy (non-hydrogen) atoms. The second-order valence-electron chi connectivity index (χ2n) is 6.18. The summed E-state index contributed by atoms with van der Waals surface area (Å²) in [5.74, 6) is -0.789. The Morgan fingerprint density at radius 1 is 1.30 bits per heavy atom. The fourth-order valence-electron chi connectivity index (χ4n) is 2.18. The molecule has 2 heterocycles. The number of carbonyl (C=O) groups excluding carboxylic acids is 1. The van der Waals surface area contributed by atoms with Crippen molar-refractivity contribution in [3.8, 4) is 0 Å². The van der Waals surface area contributed by atoms with Crippen LogP contribution in [0.25, 0.3) is 0 Å². The molecule has 0 spiro atoms. The molecule has 0 aliphatic carbocycles. The van der Waals surface area contributed by atoms with E-state index in [1.165, 1.54) is 17.3 Å². The number of nitrogens with zero attached hydrogens (tertiary/aromatic N) is 4. The SMILES string of the molecule is CC(C)(C)OC(=O)N1CCN(c2ncc(Cl)cn2)[C@@H](C(=O)O)C1. The predicted octanol–water partition coefficient (Wildman–Crippen LogP) is 1.64. The van der Waals surface area contributed by atoms with E-state index in [0.29, 0.717) is 11.6 Å². The second kappa shape index (κ2) is 6.57. The fourth-order valence-corrected chi connectivity index (χ4v) is 2.28. The van der Waals surface area contributed by atoms with Crippen LogP contribution in [0.4, 0.5) is 10.7 Å². The van der Waals surface area contributed by atoms with Crippen LogP contribution in [0.5, 0.6) is 0 Å². The highest BCUT2D eigenvalue weighted by molar-refractivity contribution is 6.30. The van der Waals surface area contributed by atoms with Crippen LogP contribution in [0.1, 0.15) is 20.8 Å². The van der Waals surface area contributed by atoms with Gasteiger partial charge in [0.05, 0.1) is 24.0 Å². The van der Waals surface area contributed by atoms with Gasteiger partial charge in [0.15, 0.2) is 0 Å². The maximum atomic E-state index is 12.1. The van der Waals surface area contributed by atoms with Crippen LogP contribution >= 0.6 is 11.6 Å². The molecule has 1 fully saturated rings. The quantitative estimate of drug-likeness (QED) is 0.872. The Morgan fingerprint density at radius 2 is 1.91 bits per heavy atom. The lowest BCUT2D eigenvalue weighted by Crippen LogP contribution is -2.59. The van der Waals surface area contributed by atoms with Gasteiger partial charge in [-0.2, -0.15) is 0 Å². The van der Waals surface area contributed by atoms with Gasteiger partial charge in [-0.25, -0.2) is 19.6 Å². The Labute approximate surface area is 139 Å². The van der Waals surface area contributed by atoms with Crippen LogP contribution in [-0.4, -0.2) is 63.3 Å². The molecule has 1 N–H and O–H groups in total. The first-order chi connectivity index (χ1) is 10.7. The van der Waals surface area contributed by atoms with Crippen LogP contribution in [0.15, 0.2) is 12.4 Å². The van der Waals surface area contributed by atoms with E-state index in [1.807, 2.05) is 0 Å². The maximum absolute atomic E-state index is 12.1. The molecule has 9 heteroatoms. The Kier molecular flexibility index (Phi) is 4.93. The summed E-state index contributed by atoms with van der Waals surface area (Å²) in [6.45, 7) is 5.89. The average molecular weight is 343 g/mol. The summed E-state index contributed by atoms with van der Waals surface area (Å²) in [7, 11) is 0. The number of rotatable bonds is 2. The van der Waals surface area contributed by atoms with Crippen molar-refractivity contribution in [3.63, 3.8) is 0 Å². The highest BCUT2D eigenvalue weighted by Gasteiger charge is 2.37. The third-order valence-corrected chi connectivity index (χ3v) is 3.38. The van der Waals surface area contributed by atoms with E-state index < -0.39 is 23.7 Å². The van der Waals surface area contributed by atoms with Gasteiger partial charge in [-0.05, 0) is 20.8 Å². The van der Waals surface area contributed by atoms with Gasteiger partial charge in [0.25, 0.3) is 0 Å². The predicted molar refractivity (Wildman–Crippen MR) is 83.6 cm³/mol.